The molecule has 0 unspecified atom stereocenters. The number of benzene rings is 3. The van der Waals surface area contributed by atoms with Gasteiger partial charge >= 0.3 is 5.97 Å². The van der Waals surface area contributed by atoms with Crippen LogP contribution in [0, 0.1) is 20.2 Å². The average Bonchev–Trinajstić information content (AvgIpc) is 2.77. The van der Waals surface area contributed by atoms with Crippen LogP contribution < -0.4 is 0 Å². The minimum absolute atomic E-state index is 0.306. The molecule has 0 atom stereocenters. The van der Waals surface area contributed by atoms with Crippen molar-refractivity contribution in [3.05, 3.63) is 104 Å². The van der Waals surface area contributed by atoms with E-state index in [1.165, 1.54) is 0 Å². The molecule has 3 aromatic carbocycles. The Labute approximate surface area is 169 Å². The third kappa shape index (κ3) is 4.53. The summed E-state index contributed by atoms with van der Waals surface area (Å²) in [6, 6.07) is 18.8. The van der Waals surface area contributed by atoms with Gasteiger partial charge in [0, 0.05) is 11.6 Å². The second kappa shape index (κ2) is 8.74. The first kappa shape index (κ1) is 20.3. The first-order valence-corrected chi connectivity index (χ1v) is 8.65. The van der Waals surface area contributed by atoms with E-state index in [4.69, 9.17) is 4.74 Å². The molecule has 3 rings (SSSR count). The van der Waals surface area contributed by atoms with E-state index in [0.717, 1.165) is 23.3 Å². The maximum atomic E-state index is 12.3. The topological polar surface area (TPSA) is 130 Å². The molecule has 0 aromatic heterocycles. The van der Waals surface area contributed by atoms with Gasteiger partial charge in [0.2, 0.25) is 0 Å². The van der Waals surface area contributed by atoms with Crippen molar-refractivity contribution in [1.29, 1.82) is 0 Å². The number of carbonyl (C=O) groups excluding carboxylic acids is 2. The van der Waals surface area contributed by atoms with Crippen molar-refractivity contribution in [3.8, 4) is 11.1 Å². The van der Waals surface area contributed by atoms with Gasteiger partial charge in [0.1, 0.15) is 5.56 Å². The highest BCUT2D eigenvalue weighted by atomic mass is 16.6. The summed E-state index contributed by atoms with van der Waals surface area (Å²) in [7, 11) is 0. The fourth-order valence-corrected chi connectivity index (χ4v) is 2.73. The number of ketones is 1. The van der Waals surface area contributed by atoms with E-state index < -0.39 is 45.1 Å². The molecule has 0 spiro atoms. The van der Waals surface area contributed by atoms with Crippen molar-refractivity contribution in [1.82, 2.24) is 0 Å². The minimum Gasteiger partial charge on any atom is -0.454 e. The molecule has 0 saturated heterocycles. The van der Waals surface area contributed by atoms with Gasteiger partial charge in [-0.25, -0.2) is 4.79 Å². The van der Waals surface area contributed by atoms with Crippen LogP contribution in [0.3, 0.4) is 0 Å². The monoisotopic (exact) mass is 406 g/mol. The molecule has 0 radical (unpaired) electrons. The molecule has 0 bridgehead atoms. The summed E-state index contributed by atoms with van der Waals surface area (Å²) in [5.41, 5.74) is 0.416. The Morgan fingerprint density at radius 1 is 0.800 bits per heavy atom. The average molecular weight is 406 g/mol. The normalized spacial score (nSPS) is 10.3. The van der Waals surface area contributed by atoms with Gasteiger partial charge < -0.3 is 4.74 Å². The van der Waals surface area contributed by atoms with Gasteiger partial charge in [0.25, 0.3) is 11.4 Å². The van der Waals surface area contributed by atoms with Crippen molar-refractivity contribution in [2.75, 3.05) is 6.61 Å². The molecule has 150 valence electrons. The van der Waals surface area contributed by atoms with Crippen LogP contribution in [0.4, 0.5) is 11.4 Å². The number of nitrogens with zero attached hydrogens (tertiary/aromatic N) is 2. The Morgan fingerprint density at radius 2 is 1.43 bits per heavy atom. The van der Waals surface area contributed by atoms with Gasteiger partial charge in [0.05, 0.1) is 15.9 Å². The molecular formula is C21H14N2O7. The molecule has 0 aliphatic rings. The second-order valence-electron chi connectivity index (χ2n) is 6.16. The lowest BCUT2D eigenvalue weighted by Crippen LogP contribution is -2.15. The fraction of sp³-hybridized carbons (Fsp3) is 0.0476. The highest BCUT2D eigenvalue weighted by Crippen LogP contribution is 2.25. The highest BCUT2D eigenvalue weighted by molar-refractivity contribution is 6.00. The van der Waals surface area contributed by atoms with Crippen LogP contribution in [-0.2, 0) is 4.74 Å². The first-order valence-electron chi connectivity index (χ1n) is 8.65. The molecule has 0 aliphatic carbocycles. The zero-order valence-corrected chi connectivity index (χ0v) is 15.4. The molecule has 3 aromatic rings. The molecule has 9 nitrogen and oxygen atoms in total. The van der Waals surface area contributed by atoms with Crippen molar-refractivity contribution < 1.29 is 24.2 Å². The number of rotatable bonds is 7. The lowest BCUT2D eigenvalue weighted by Gasteiger charge is -2.06. The van der Waals surface area contributed by atoms with Crippen molar-refractivity contribution in [2.45, 2.75) is 0 Å². The largest absolute Gasteiger partial charge is 0.454 e. The fourth-order valence-electron chi connectivity index (χ4n) is 2.73. The van der Waals surface area contributed by atoms with E-state index in [2.05, 4.69) is 0 Å². The summed E-state index contributed by atoms with van der Waals surface area (Å²) in [4.78, 5) is 44.6. The quantitative estimate of drug-likeness (QED) is 0.249. The Balaban J connectivity index is 1.69. The first-order chi connectivity index (χ1) is 14.4. The zero-order valence-electron chi connectivity index (χ0n) is 15.4. The number of nitro groups is 2. The number of nitro benzene ring substituents is 2. The van der Waals surface area contributed by atoms with Gasteiger partial charge in [-0.2, -0.15) is 0 Å². The van der Waals surface area contributed by atoms with E-state index in [0.29, 0.717) is 11.6 Å². The maximum Gasteiger partial charge on any atom is 0.345 e. The third-order valence-corrected chi connectivity index (χ3v) is 4.26. The molecule has 0 saturated carbocycles. The van der Waals surface area contributed by atoms with Crippen LogP contribution in [0.25, 0.3) is 11.1 Å². The number of Topliss-reactive ketones (excluding diaryl/α,β-unsaturated/α-hetero) is 1. The van der Waals surface area contributed by atoms with Gasteiger partial charge in [-0.15, -0.1) is 0 Å². The van der Waals surface area contributed by atoms with Crippen LogP contribution in [-0.4, -0.2) is 28.2 Å². The number of ether oxygens (including phenoxy) is 1. The summed E-state index contributed by atoms with van der Waals surface area (Å²) in [5, 5.41) is 21.9. The van der Waals surface area contributed by atoms with Crippen molar-refractivity contribution >= 4 is 23.1 Å². The number of non-ortho nitro benzene ring substituents is 1. The summed E-state index contributed by atoms with van der Waals surface area (Å²) >= 11 is 0. The smallest absolute Gasteiger partial charge is 0.345 e. The lowest BCUT2D eigenvalue weighted by atomic mass is 10.0. The SMILES string of the molecule is O=C(COC(=O)c1ccc([N+](=O)[O-])cc1[N+](=O)[O-])c1ccc(-c2ccccc2)cc1. The van der Waals surface area contributed by atoms with Crippen molar-refractivity contribution in [3.63, 3.8) is 0 Å². The van der Waals surface area contributed by atoms with Crippen LogP contribution in [0.15, 0.2) is 72.8 Å². The summed E-state index contributed by atoms with van der Waals surface area (Å²) in [6.45, 7) is -0.627. The molecule has 0 N–H and O–H groups in total. The summed E-state index contributed by atoms with van der Waals surface area (Å²) in [6.07, 6.45) is 0. The Bertz CT molecular complexity index is 1130. The zero-order chi connectivity index (χ0) is 21.7. The third-order valence-electron chi connectivity index (χ3n) is 4.26. The maximum absolute atomic E-state index is 12.3. The van der Waals surface area contributed by atoms with E-state index in [1.807, 2.05) is 30.3 Å². The number of carbonyl (C=O) groups is 2. The number of hydrogen-bond donors (Lipinski definition) is 0. The highest BCUT2D eigenvalue weighted by Gasteiger charge is 2.25. The van der Waals surface area contributed by atoms with Gasteiger partial charge in [0.15, 0.2) is 12.4 Å². The predicted molar refractivity (Wildman–Crippen MR) is 106 cm³/mol. The van der Waals surface area contributed by atoms with Crippen molar-refractivity contribution in [2.24, 2.45) is 0 Å². The molecular weight excluding hydrogens is 392 g/mol. The summed E-state index contributed by atoms with van der Waals surface area (Å²) in [5.74, 6) is -1.61. The van der Waals surface area contributed by atoms with Gasteiger partial charge in [-0.1, -0.05) is 54.6 Å². The molecule has 0 aliphatic heterocycles. The molecule has 0 heterocycles. The molecule has 0 fully saturated rings. The molecule has 30 heavy (non-hydrogen) atoms. The van der Waals surface area contributed by atoms with Gasteiger partial charge in [-0.05, 0) is 17.2 Å². The van der Waals surface area contributed by atoms with E-state index in [9.17, 15) is 29.8 Å². The Hall–Kier alpha value is -4.40. The van der Waals surface area contributed by atoms with Crippen LogP contribution >= 0.6 is 0 Å². The van der Waals surface area contributed by atoms with E-state index in [-0.39, 0.29) is 0 Å². The second-order valence-corrected chi connectivity index (χ2v) is 6.16. The lowest BCUT2D eigenvalue weighted by molar-refractivity contribution is -0.394. The van der Waals surface area contributed by atoms with Crippen LogP contribution in [0.2, 0.25) is 0 Å². The molecule has 9 heteroatoms. The minimum atomic E-state index is -1.12. The predicted octanol–water partition coefficient (Wildman–Crippen LogP) is 4.21. The van der Waals surface area contributed by atoms with Crippen LogP contribution in [0.1, 0.15) is 20.7 Å². The van der Waals surface area contributed by atoms with Crippen LogP contribution in [0.5, 0.6) is 0 Å². The van der Waals surface area contributed by atoms with Gasteiger partial charge in [-0.3, -0.25) is 25.0 Å². The molecule has 0 amide bonds. The Morgan fingerprint density at radius 3 is 2.03 bits per heavy atom. The number of hydrogen-bond acceptors (Lipinski definition) is 7. The standard InChI is InChI=1S/C21H14N2O7/c24-20(16-8-6-15(7-9-16)14-4-2-1-3-5-14)13-30-21(25)18-11-10-17(22(26)27)12-19(18)23(28)29/h1-12H,13H2. The summed E-state index contributed by atoms with van der Waals surface area (Å²) < 4.78 is 4.89. The number of esters is 1. The van der Waals surface area contributed by atoms with E-state index >= 15 is 0 Å². The van der Waals surface area contributed by atoms with E-state index in [1.54, 1.807) is 24.3 Å². The Kier molecular flexibility index (Phi) is 5.92.